The van der Waals surface area contributed by atoms with Crippen molar-refractivity contribution in [2.75, 3.05) is 40.6 Å². The number of allylic oxidation sites excluding steroid dienone is 4. The third-order valence-electron chi connectivity index (χ3n) is 3.67. The van der Waals surface area contributed by atoms with E-state index in [9.17, 15) is 0 Å². The average molecular weight is 294 g/mol. The van der Waals surface area contributed by atoms with Gasteiger partial charge in [-0.1, -0.05) is 6.08 Å². The summed E-state index contributed by atoms with van der Waals surface area (Å²) in [6.07, 6.45) is 9.37. The molecule has 0 spiro atoms. The Balaban J connectivity index is 1.94. The van der Waals surface area contributed by atoms with Crippen LogP contribution in [0.3, 0.4) is 0 Å². The molecule has 0 fully saturated rings. The molecule has 0 aliphatic heterocycles. The molecule has 0 atom stereocenters. The summed E-state index contributed by atoms with van der Waals surface area (Å²) in [5, 5.41) is 0. The molecule has 21 heavy (non-hydrogen) atoms. The molecule has 0 saturated carbocycles. The van der Waals surface area contributed by atoms with E-state index in [2.05, 4.69) is 12.2 Å². The molecule has 2 aliphatic rings. The molecule has 0 unspecified atom stereocenters. The molecule has 0 aromatic rings. The van der Waals surface area contributed by atoms with Gasteiger partial charge < -0.3 is 18.9 Å². The number of hydrogen-bond donors (Lipinski definition) is 0. The zero-order valence-corrected chi connectivity index (χ0v) is 13.2. The quantitative estimate of drug-likeness (QED) is 0.579. The second kappa shape index (κ2) is 8.90. The maximum absolute atomic E-state index is 6.00. The Morgan fingerprint density at radius 3 is 2.33 bits per heavy atom. The summed E-state index contributed by atoms with van der Waals surface area (Å²) in [6, 6.07) is 0. The Labute approximate surface area is 127 Å². The molecule has 118 valence electrons. The average Bonchev–Trinajstić information content (AvgIpc) is 2.97. The SMILES string of the molecule is COCCCOC1=CCC2=CCCC2=C1OCCCOC. The van der Waals surface area contributed by atoms with Gasteiger partial charge in [-0.3, -0.25) is 0 Å². The molecule has 0 bridgehead atoms. The molecule has 4 heteroatoms. The monoisotopic (exact) mass is 294 g/mol. The summed E-state index contributed by atoms with van der Waals surface area (Å²) in [7, 11) is 3.42. The van der Waals surface area contributed by atoms with E-state index in [0.29, 0.717) is 13.2 Å². The molecule has 0 radical (unpaired) electrons. The Kier molecular flexibility index (Phi) is 6.83. The van der Waals surface area contributed by atoms with Gasteiger partial charge in [0.15, 0.2) is 11.5 Å². The van der Waals surface area contributed by atoms with E-state index in [1.807, 2.05) is 0 Å². The highest BCUT2D eigenvalue weighted by Gasteiger charge is 2.24. The van der Waals surface area contributed by atoms with Crippen LogP contribution in [0.1, 0.15) is 32.1 Å². The lowest BCUT2D eigenvalue weighted by molar-refractivity contribution is 0.110. The number of fused-ring (bicyclic) bond motifs is 1. The van der Waals surface area contributed by atoms with Crippen LogP contribution < -0.4 is 0 Å². The highest BCUT2D eigenvalue weighted by Crippen LogP contribution is 2.38. The van der Waals surface area contributed by atoms with E-state index in [1.54, 1.807) is 14.2 Å². The second-order valence-corrected chi connectivity index (χ2v) is 5.24. The fourth-order valence-corrected chi connectivity index (χ4v) is 2.63. The van der Waals surface area contributed by atoms with E-state index in [1.165, 1.54) is 11.1 Å². The first kappa shape index (κ1) is 16.1. The van der Waals surface area contributed by atoms with Gasteiger partial charge in [-0.05, 0) is 30.9 Å². The predicted molar refractivity (Wildman–Crippen MR) is 81.9 cm³/mol. The van der Waals surface area contributed by atoms with Crippen LogP contribution in [0.25, 0.3) is 0 Å². The normalized spacial score (nSPS) is 17.4. The molecular weight excluding hydrogens is 268 g/mol. The highest BCUT2D eigenvalue weighted by molar-refractivity contribution is 5.48. The minimum absolute atomic E-state index is 0.664. The number of ether oxygens (including phenoxy) is 4. The van der Waals surface area contributed by atoms with Crippen molar-refractivity contribution in [1.82, 2.24) is 0 Å². The first-order valence-electron chi connectivity index (χ1n) is 7.73. The molecule has 0 aromatic carbocycles. The minimum atomic E-state index is 0.664. The second-order valence-electron chi connectivity index (χ2n) is 5.24. The van der Waals surface area contributed by atoms with Crippen molar-refractivity contribution in [1.29, 1.82) is 0 Å². The van der Waals surface area contributed by atoms with Crippen LogP contribution in [-0.4, -0.2) is 40.6 Å². The lowest BCUT2D eigenvalue weighted by Gasteiger charge is -2.22. The third-order valence-corrected chi connectivity index (χ3v) is 3.67. The third kappa shape index (κ3) is 4.61. The van der Waals surface area contributed by atoms with Gasteiger partial charge in [0.25, 0.3) is 0 Å². The van der Waals surface area contributed by atoms with Crippen molar-refractivity contribution >= 4 is 0 Å². The van der Waals surface area contributed by atoms with Gasteiger partial charge in [-0.15, -0.1) is 0 Å². The molecule has 2 aliphatic carbocycles. The zero-order valence-electron chi connectivity index (χ0n) is 13.2. The van der Waals surface area contributed by atoms with Gasteiger partial charge in [0.05, 0.1) is 13.2 Å². The van der Waals surface area contributed by atoms with E-state index in [4.69, 9.17) is 18.9 Å². The van der Waals surface area contributed by atoms with Crippen LogP contribution in [0.2, 0.25) is 0 Å². The van der Waals surface area contributed by atoms with Crippen molar-refractivity contribution < 1.29 is 18.9 Å². The van der Waals surface area contributed by atoms with Crippen LogP contribution in [-0.2, 0) is 18.9 Å². The predicted octanol–water partition coefficient (Wildman–Crippen LogP) is 3.35. The standard InChI is InChI=1S/C17H26O4/c1-18-10-4-12-20-16-9-8-14-6-3-7-15(14)17(16)21-13-5-11-19-2/h6,9H,3-5,7-8,10-13H2,1-2H3. The van der Waals surface area contributed by atoms with Gasteiger partial charge in [0.1, 0.15) is 0 Å². The Morgan fingerprint density at radius 1 is 0.905 bits per heavy atom. The number of hydrogen-bond acceptors (Lipinski definition) is 4. The summed E-state index contributed by atoms with van der Waals surface area (Å²) >= 11 is 0. The zero-order chi connectivity index (χ0) is 14.9. The largest absolute Gasteiger partial charge is 0.490 e. The van der Waals surface area contributed by atoms with E-state index < -0.39 is 0 Å². The maximum atomic E-state index is 6.00. The summed E-state index contributed by atoms with van der Waals surface area (Å²) in [6.45, 7) is 2.77. The summed E-state index contributed by atoms with van der Waals surface area (Å²) in [4.78, 5) is 0. The summed E-state index contributed by atoms with van der Waals surface area (Å²) in [5.74, 6) is 1.84. The molecule has 0 N–H and O–H groups in total. The molecule has 2 rings (SSSR count). The summed E-state index contributed by atoms with van der Waals surface area (Å²) < 4.78 is 22.0. The van der Waals surface area contributed by atoms with Gasteiger partial charge >= 0.3 is 0 Å². The van der Waals surface area contributed by atoms with Crippen LogP contribution in [0.15, 0.2) is 34.8 Å². The van der Waals surface area contributed by atoms with Crippen LogP contribution >= 0.6 is 0 Å². The van der Waals surface area contributed by atoms with E-state index in [-0.39, 0.29) is 0 Å². The van der Waals surface area contributed by atoms with Crippen LogP contribution in [0, 0.1) is 0 Å². The van der Waals surface area contributed by atoms with Crippen LogP contribution in [0.5, 0.6) is 0 Å². The molecule has 0 saturated heterocycles. The van der Waals surface area contributed by atoms with Crippen molar-refractivity contribution in [2.24, 2.45) is 0 Å². The Morgan fingerprint density at radius 2 is 1.62 bits per heavy atom. The van der Waals surface area contributed by atoms with Gasteiger partial charge in [0.2, 0.25) is 0 Å². The molecule has 4 nitrogen and oxygen atoms in total. The lowest BCUT2D eigenvalue weighted by atomic mass is 9.98. The Bertz CT molecular complexity index is 421. The van der Waals surface area contributed by atoms with E-state index >= 15 is 0 Å². The number of methoxy groups -OCH3 is 2. The van der Waals surface area contributed by atoms with Crippen LogP contribution in [0.4, 0.5) is 0 Å². The minimum Gasteiger partial charge on any atom is -0.490 e. The smallest absolute Gasteiger partial charge is 0.164 e. The lowest BCUT2D eigenvalue weighted by Crippen LogP contribution is -2.11. The molecular formula is C17H26O4. The highest BCUT2D eigenvalue weighted by atomic mass is 16.5. The van der Waals surface area contributed by atoms with Crippen molar-refractivity contribution in [3.05, 3.63) is 34.8 Å². The molecule has 0 amide bonds. The van der Waals surface area contributed by atoms with Crippen molar-refractivity contribution in [2.45, 2.75) is 32.1 Å². The maximum Gasteiger partial charge on any atom is 0.164 e. The topological polar surface area (TPSA) is 36.9 Å². The fraction of sp³-hybridized carbons (Fsp3) is 0.647. The van der Waals surface area contributed by atoms with Gasteiger partial charge in [-0.2, -0.15) is 0 Å². The Hall–Kier alpha value is -1.26. The summed E-state index contributed by atoms with van der Waals surface area (Å²) in [5.41, 5.74) is 2.73. The van der Waals surface area contributed by atoms with Gasteiger partial charge in [0, 0.05) is 45.8 Å². The molecule has 0 heterocycles. The van der Waals surface area contributed by atoms with Gasteiger partial charge in [-0.25, -0.2) is 0 Å². The first-order valence-corrected chi connectivity index (χ1v) is 7.73. The fourth-order valence-electron chi connectivity index (χ4n) is 2.63. The number of rotatable bonds is 10. The van der Waals surface area contributed by atoms with Crippen molar-refractivity contribution in [3.8, 4) is 0 Å². The van der Waals surface area contributed by atoms with E-state index in [0.717, 1.165) is 56.8 Å². The van der Waals surface area contributed by atoms with Crippen molar-refractivity contribution in [3.63, 3.8) is 0 Å². The molecule has 0 aromatic heterocycles. The first-order chi connectivity index (χ1) is 10.4.